The first-order valence-corrected chi connectivity index (χ1v) is 11.4. The molecule has 0 unspecified atom stereocenters. The molecule has 0 N–H and O–H groups in total. The van der Waals surface area contributed by atoms with Crippen LogP contribution in [-0.4, -0.2) is 22.5 Å². The van der Waals surface area contributed by atoms with Crippen LogP contribution in [0.15, 0.2) is 72.8 Å². The first kappa shape index (κ1) is 24.9. The summed E-state index contributed by atoms with van der Waals surface area (Å²) < 4.78 is 5.71. The Morgan fingerprint density at radius 1 is 1.00 bits per heavy atom. The molecule has 3 atom stereocenters. The first-order chi connectivity index (χ1) is 14.7. The third-order valence-electron chi connectivity index (χ3n) is 5.44. The summed E-state index contributed by atoms with van der Waals surface area (Å²) in [5.41, 5.74) is 2.02. The van der Waals surface area contributed by atoms with Gasteiger partial charge in [0.25, 0.3) is 0 Å². The van der Waals surface area contributed by atoms with Crippen LogP contribution in [0.3, 0.4) is 0 Å². The van der Waals surface area contributed by atoms with Crippen LogP contribution in [0, 0.1) is 5.92 Å². The lowest BCUT2D eigenvalue weighted by Crippen LogP contribution is -2.40. The zero-order valence-corrected chi connectivity index (χ0v) is 20.0. The number of allylic oxidation sites excluding steroid dienone is 2. The van der Waals surface area contributed by atoms with Gasteiger partial charge in [-0.15, -0.1) is 0 Å². The van der Waals surface area contributed by atoms with Crippen molar-refractivity contribution in [2.45, 2.75) is 78.6 Å². The lowest BCUT2D eigenvalue weighted by Gasteiger charge is -2.38. The normalized spacial score (nSPS) is 15.1. The Hall–Kier alpha value is -2.39. The summed E-state index contributed by atoms with van der Waals surface area (Å²) in [5, 5.41) is 0. The van der Waals surface area contributed by atoms with Crippen molar-refractivity contribution in [3.63, 3.8) is 0 Å². The molecule has 3 nitrogen and oxygen atoms in total. The molecular formula is C28H39NO2. The lowest BCUT2D eigenvalue weighted by atomic mass is 9.94. The van der Waals surface area contributed by atoms with E-state index in [1.807, 2.05) is 39.8 Å². The highest BCUT2D eigenvalue weighted by Crippen LogP contribution is 2.30. The quantitative estimate of drug-likeness (QED) is 0.307. The highest BCUT2D eigenvalue weighted by atomic mass is 16.6. The monoisotopic (exact) mass is 421 g/mol. The molecule has 0 radical (unpaired) electrons. The van der Waals surface area contributed by atoms with Crippen LogP contribution in [0.4, 0.5) is 0 Å². The summed E-state index contributed by atoms with van der Waals surface area (Å²) in [5.74, 6) is 0.238. The van der Waals surface area contributed by atoms with E-state index in [1.54, 1.807) is 0 Å². The average Bonchev–Trinajstić information content (AvgIpc) is 2.71. The summed E-state index contributed by atoms with van der Waals surface area (Å²) in [4.78, 5) is 15.3. The Morgan fingerprint density at radius 2 is 1.58 bits per heavy atom. The molecule has 3 heteroatoms. The van der Waals surface area contributed by atoms with Crippen molar-refractivity contribution in [1.29, 1.82) is 0 Å². The van der Waals surface area contributed by atoms with Gasteiger partial charge in [0.15, 0.2) is 0 Å². The molecule has 0 spiro atoms. The zero-order valence-electron chi connectivity index (χ0n) is 20.0. The number of carbonyl (C=O) groups is 1. The number of ether oxygens (including phenoxy) is 1. The molecule has 2 rings (SSSR count). The largest absolute Gasteiger partial charge is 0.460 e. The number of carbonyl (C=O) groups excluding carboxylic acids is 1. The molecule has 2 aromatic carbocycles. The van der Waals surface area contributed by atoms with Crippen LogP contribution >= 0.6 is 0 Å². The number of benzene rings is 2. The van der Waals surface area contributed by atoms with Crippen LogP contribution in [-0.2, 0) is 16.1 Å². The number of rotatable bonds is 10. The number of hydrogen-bond acceptors (Lipinski definition) is 3. The third-order valence-corrected chi connectivity index (χ3v) is 5.44. The van der Waals surface area contributed by atoms with Crippen molar-refractivity contribution in [1.82, 2.24) is 4.90 Å². The molecule has 0 amide bonds. The van der Waals surface area contributed by atoms with Gasteiger partial charge >= 0.3 is 5.97 Å². The number of hydrogen-bond donors (Lipinski definition) is 0. The van der Waals surface area contributed by atoms with Gasteiger partial charge in [0, 0.05) is 18.6 Å². The van der Waals surface area contributed by atoms with Crippen LogP contribution in [0.2, 0.25) is 0 Å². The zero-order chi connectivity index (χ0) is 22.9. The van der Waals surface area contributed by atoms with E-state index in [-0.39, 0.29) is 18.1 Å². The third kappa shape index (κ3) is 8.70. The molecule has 0 heterocycles. The van der Waals surface area contributed by atoms with Gasteiger partial charge in [-0.1, -0.05) is 79.7 Å². The predicted molar refractivity (Wildman–Crippen MR) is 130 cm³/mol. The van der Waals surface area contributed by atoms with Crippen molar-refractivity contribution >= 4 is 5.97 Å². The number of nitrogens with zero attached hydrogens (tertiary/aromatic N) is 1. The van der Waals surface area contributed by atoms with Gasteiger partial charge in [0.1, 0.15) is 5.60 Å². The maximum absolute atomic E-state index is 12.9. The molecule has 0 saturated heterocycles. The number of esters is 1. The van der Waals surface area contributed by atoms with Gasteiger partial charge in [-0.2, -0.15) is 0 Å². The minimum Gasteiger partial charge on any atom is -0.460 e. The Balaban J connectivity index is 2.37. The molecule has 168 valence electrons. The van der Waals surface area contributed by atoms with E-state index >= 15 is 0 Å². The fourth-order valence-electron chi connectivity index (χ4n) is 4.05. The topological polar surface area (TPSA) is 29.5 Å². The second-order valence-corrected chi connectivity index (χ2v) is 9.43. The van der Waals surface area contributed by atoms with Gasteiger partial charge in [-0.3, -0.25) is 9.69 Å². The Kier molecular flexibility index (Phi) is 9.51. The van der Waals surface area contributed by atoms with Gasteiger partial charge < -0.3 is 4.74 Å². The molecule has 31 heavy (non-hydrogen) atoms. The van der Waals surface area contributed by atoms with E-state index in [9.17, 15) is 4.79 Å². The minimum absolute atomic E-state index is 0.0662. The Morgan fingerprint density at radius 3 is 2.13 bits per heavy atom. The molecule has 2 aromatic rings. The highest BCUT2D eigenvalue weighted by molar-refractivity contribution is 5.70. The second-order valence-electron chi connectivity index (χ2n) is 9.43. The van der Waals surface area contributed by atoms with Gasteiger partial charge in [-0.05, 0) is 58.1 Å². The molecule has 0 aromatic heterocycles. The van der Waals surface area contributed by atoms with E-state index in [1.165, 1.54) is 11.1 Å². The van der Waals surface area contributed by atoms with Crippen molar-refractivity contribution in [3.8, 4) is 0 Å². The minimum atomic E-state index is -0.480. The fourth-order valence-corrected chi connectivity index (χ4v) is 4.05. The Bertz CT molecular complexity index is 808. The molecule has 0 bridgehead atoms. The molecular weight excluding hydrogens is 382 g/mol. The van der Waals surface area contributed by atoms with E-state index in [2.05, 4.69) is 79.4 Å². The van der Waals surface area contributed by atoms with Gasteiger partial charge in [-0.25, -0.2) is 0 Å². The van der Waals surface area contributed by atoms with Gasteiger partial charge in [0.05, 0.1) is 6.42 Å². The summed E-state index contributed by atoms with van der Waals surface area (Å²) in [7, 11) is 0. The molecule has 0 aliphatic heterocycles. The fraction of sp³-hybridized carbons (Fsp3) is 0.464. The van der Waals surface area contributed by atoms with E-state index in [0.29, 0.717) is 12.3 Å². The highest BCUT2D eigenvalue weighted by Gasteiger charge is 2.29. The SMILES string of the molecule is C/C=C/[C@H](C)C[C@H](CC(=O)OC(C)(C)C)N(Cc1ccccc1)[C@H](C)c1ccccc1. The van der Waals surface area contributed by atoms with Crippen molar-refractivity contribution in [2.24, 2.45) is 5.92 Å². The van der Waals surface area contributed by atoms with Crippen LogP contribution in [0.25, 0.3) is 0 Å². The molecule has 0 fully saturated rings. The van der Waals surface area contributed by atoms with Crippen LogP contribution in [0.1, 0.15) is 71.6 Å². The summed E-state index contributed by atoms with van der Waals surface area (Å²) in [6, 6.07) is 21.3. The van der Waals surface area contributed by atoms with Crippen molar-refractivity contribution in [2.75, 3.05) is 0 Å². The predicted octanol–water partition coefficient (Wildman–Crippen LogP) is 6.95. The standard InChI is InChI=1S/C28H39NO2/c1-7-14-22(2)19-26(20-27(30)31-28(4,5)6)29(21-24-15-10-8-11-16-24)23(3)25-17-12-9-13-18-25/h7-18,22-23,26H,19-21H2,1-6H3/b14-7+/t22-,23+,26+/m0/s1. The van der Waals surface area contributed by atoms with E-state index < -0.39 is 5.60 Å². The maximum atomic E-state index is 12.9. The van der Waals surface area contributed by atoms with Crippen LogP contribution in [0.5, 0.6) is 0 Å². The summed E-state index contributed by atoms with van der Waals surface area (Å²) >= 11 is 0. The Labute approximate surface area is 189 Å². The van der Waals surface area contributed by atoms with E-state index in [0.717, 1.165) is 13.0 Å². The molecule has 0 aliphatic carbocycles. The molecule has 0 aliphatic rings. The lowest BCUT2D eigenvalue weighted by molar-refractivity contribution is -0.156. The van der Waals surface area contributed by atoms with Gasteiger partial charge in [0.2, 0.25) is 0 Å². The maximum Gasteiger partial charge on any atom is 0.307 e. The average molecular weight is 422 g/mol. The molecule has 0 saturated carbocycles. The second kappa shape index (κ2) is 11.9. The smallest absolute Gasteiger partial charge is 0.307 e. The van der Waals surface area contributed by atoms with E-state index in [4.69, 9.17) is 4.74 Å². The summed E-state index contributed by atoms with van der Waals surface area (Å²) in [6.45, 7) is 13.1. The summed E-state index contributed by atoms with van der Waals surface area (Å²) in [6.07, 6.45) is 5.59. The van der Waals surface area contributed by atoms with Crippen molar-refractivity contribution < 1.29 is 9.53 Å². The van der Waals surface area contributed by atoms with Crippen LogP contribution < -0.4 is 0 Å². The first-order valence-electron chi connectivity index (χ1n) is 11.4. The van der Waals surface area contributed by atoms with Crippen molar-refractivity contribution in [3.05, 3.63) is 83.9 Å².